The molecule has 0 N–H and O–H groups in total. The first kappa shape index (κ1) is 21.6. The zero-order valence-electron chi connectivity index (χ0n) is 16.7. The number of fused-ring (bicyclic) bond motifs is 1. The minimum Gasteiger partial charge on any atom is -0.423 e. The molecule has 0 spiro atoms. The highest BCUT2D eigenvalue weighted by Crippen LogP contribution is 2.30. The van der Waals surface area contributed by atoms with Gasteiger partial charge in [-0.3, -0.25) is 0 Å². The van der Waals surface area contributed by atoms with E-state index in [2.05, 4.69) is 20.9 Å². The fraction of sp³-hybridized carbons (Fsp3) is 0. The molecule has 2 heterocycles. The fourth-order valence-corrected chi connectivity index (χ4v) is 4.55. The van der Waals surface area contributed by atoms with E-state index in [0.717, 1.165) is 15.7 Å². The zero-order valence-corrected chi connectivity index (χ0v) is 19.9. The van der Waals surface area contributed by atoms with Crippen LogP contribution in [-0.2, 0) is 0 Å². The molecule has 0 aliphatic carbocycles. The van der Waals surface area contributed by atoms with Crippen molar-refractivity contribution >= 4 is 55.8 Å². The van der Waals surface area contributed by atoms with Crippen LogP contribution >= 0.6 is 38.9 Å². The van der Waals surface area contributed by atoms with Crippen LogP contribution in [-0.4, -0.2) is 11.0 Å². The summed E-state index contributed by atoms with van der Waals surface area (Å²) in [5, 5.41) is 3.45. The number of esters is 1. The summed E-state index contributed by atoms with van der Waals surface area (Å²) in [5.74, 6) is -0.350. The summed E-state index contributed by atoms with van der Waals surface area (Å²) in [6.07, 6.45) is 0. The molecule has 33 heavy (non-hydrogen) atoms. The maximum Gasteiger partial charge on any atom is 0.346 e. The second-order valence-electron chi connectivity index (χ2n) is 7.06. The lowest BCUT2D eigenvalue weighted by Crippen LogP contribution is -2.09. The van der Waals surface area contributed by atoms with Crippen LogP contribution in [0.3, 0.4) is 0 Å². The van der Waals surface area contributed by atoms with E-state index in [1.807, 2.05) is 29.6 Å². The molecule has 0 aliphatic rings. The van der Waals surface area contributed by atoms with Gasteiger partial charge in [0.1, 0.15) is 16.3 Å². The number of ether oxygens (including phenoxy) is 1. The van der Waals surface area contributed by atoms with E-state index in [9.17, 15) is 9.59 Å². The van der Waals surface area contributed by atoms with Gasteiger partial charge in [-0.2, -0.15) is 0 Å². The van der Waals surface area contributed by atoms with Gasteiger partial charge in [0.2, 0.25) is 0 Å². The standard InChI is InChI=1S/C25H13BrClNO4S/c26-16-8-5-14(6-9-16)21-13-33-23(28-21)19-11-15-7-10-17(12-22(15)32-25(19)30)31-24(29)18-3-1-2-4-20(18)27/h1-13H. The second kappa shape index (κ2) is 8.94. The number of carbonyl (C=O) groups excluding carboxylic acids is 1. The van der Waals surface area contributed by atoms with Gasteiger partial charge >= 0.3 is 11.6 Å². The SMILES string of the molecule is O=C(Oc1ccc2cc(-c3nc(-c4ccc(Br)cc4)cs3)c(=O)oc2c1)c1ccccc1Cl. The van der Waals surface area contributed by atoms with Crippen molar-refractivity contribution in [2.45, 2.75) is 0 Å². The van der Waals surface area contributed by atoms with E-state index in [0.29, 0.717) is 26.6 Å². The van der Waals surface area contributed by atoms with Gasteiger partial charge in [-0.05, 0) is 42.5 Å². The largest absolute Gasteiger partial charge is 0.423 e. The van der Waals surface area contributed by atoms with E-state index >= 15 is 0 Å². The molecule has 0 saturated heterocycles. The molecule has 5 aromatic rings. The third-order valence-electron chi connectivity index (χ3n) is 4.89. The maximum atomic E-state index is 12.7. The van der Waals surface area contributed by atoms with Gasteiger partial charge in [-0.1, -0.05) is 51.8 Å². The molecule has 0 bridgehead atoms. The summed E-state index contributed by atoms with van der Waals surface area (Å²) in [7, 11) is 0. The fourth-order valence-electron chi connectivity index (χ4n) is 3.24. The zero-order chi connectivity index (χ0) is 22.9. The van der Waals surface area contributed by atoms with Gasteiger partial charge in [0, 0.05) is 26.9 Å². The lowest BCUT2D eigenvalue weighted by molar-refractivity contribution is 0.0735. The van der Waals surface area contributed by atoms with E-state index in [-0.39, 0.29) is 11.3 Å². The van der Waals surface area contributed by atoms with Gasteiger partial charge < -0.3 is 9.15 Å². The third kappa shape index (κ3) is 4.48. The van der Waals surface area contributed by atoms with E-state index in [4.69, 9.17) is 20.8 Å². The lowest BCUT2D eigenvalue weighted by Gasteiger charge is -2.07. The van der Waals surface area contributed by atoms with Crippen LogP contribution in [0.4, 0.5) is 0 Å². The Morgan fingerprint density at radius 1 is 1.03 bits per heavy atom. The van der Waals surface area contributed by atoms with Crippen molar-refractivity contribution in [3.05, 3.63) is 104 Å². The molecule has 0 unspecified atom stereocenters. The van der Waals surface area contributed by atoms with Crippen LogP contribution in [0.1, 0.15) is 10.4 Å². The molecule has 0 amide bonds. The molecule has 0 atom stereocenters. The number of benzene rings is 3. The molecule has 8 heteroatoms. The molecule has 0 radical (unpaired) electrons. The number of carbonyl (C=O) groups is 1. The van der Waals surface area contributed by atoms with Crippen LogP contribution in [0.15, 0.2) is 91.9 Å². The number of halogens is 2. The number of thiazole rings is 1. The van der Waals surface area contributed by atoms with Crippen molar-refractivity contribution in [3.8, 4) is 27.6 Å². The number of hydrogen-bond donors (Lipinski definition) is 0. The monoisotopic (exact) mass is 537 g/mol. The Kier molecular flexibility index (Phi) is 5.85. The van der Waals surface area contributed by atoms with E-state index in [1.54, 1.807) is 42.5 Å². The molecule has 162 valence electrons. The highest BCUT2D eigenvalue weighted by Gasteiger charge is 2.15. The van der Waals surface area contributed by atoms with Crippen LogP contribution in [0, 0.1) is 0 Å². The van der Waals surface area contributed by atoms with Crippen molar-refractivity contribution in [2.24, 2.45) is 0 Å². The molecule has 5 nitrogen and oxygen atoms in total. The van der Waals surface area contributed by atoms with E-state index in [1.165, 1.54) is 17.4 Å². The van der Waals surface area contributed by atoms with Gasteiger partial charge in [-0.15, -0.1) is 11.3 Å². The molecule has 2 aromatic heterocycles. The number of aromatic nitrogens is 1. The maximum absolute atomic E-state index is 12.7. The molecular weight excluding hydrogens is 526 g/mol. The Hall–Kier alpha value is -3.26. The number of hydrogen-bond acceptors (Lipinski definition) is 6. The van der Waals surface area contributed by atoms with Crippen molar-refractivity contribution in [3.63, 3.8) is 0 Å². The van der Waals surface area contributed by atoms with Crippen LogP contribution in [0.5, 0.6) is 5.75 Å². The first-order valence-corrected chi connectivity index (χ1v) is 11.8. The number of rotatable bonds is 4. The predicted octanol–water partition coefficient (Wildman–Crippen LogP) is 7.22. The normalized spacial score (nSPS) is 11.0. The Labute approximate surface area is 205 Å². The van der Waals surface area contributed by atoms with Gasteiger partial charge in [0.05, 0.1) is 21.8 Å². The Balaban J connectivity index is 1.44. The van der Waals surface area contributed by atoms with Crippen LogP contribution < -0.4 is 10.4 Å². The van der Waals surface area contributed by atoms with Crippen molar-refractivity contribution in [1.29, 1.82) is 0 Å². The second-order valence-corrected chi connectivity index (χ2v) is 9.24. The first-order chi connectivity index (χ1) is 16.0. The summed E-state index contributed by atoms with van der Waals surface area (Å²) in [6, 6.07) is 21.0. The minimum atomic E-state index is -0.595. The highest BCUT2D eigenvalue weighted by atomic mass is 79.9. The van der Waals surface area contributed by atoms with Crippen molar-refractivity contribution < 1.29 is 13.9 Å². The smallest absolute Gasteiger partial charge is 0.346 e. The summed E-state index contributed by atoms with van der Waals surface area (Å²) < 4.78 is 11.9. The topological polar surface area (TPSA) is 69.4 Å². The summed E-state index contributed by atoms with van der Waals surface area (Å²) in [4.78, 5) is 29.7. The predicted molar refractivity (Wildman–Crippen MR) is 133 cm³/mol. The molecule has 3 aromatic carbocycles. The Bertz CT molecular complexity index is 1560. The Morgan fingerprint density at radius 3 is 2.61 bits per heavy atom. The molecule has 0 aliphatic heterocycles. The summed E-state index contributed by atoms with van der Waals surface area (Å²) in [5.41, 5.74) is 2.14. The molecule has 0 fully saturated rings. The quantitative estimate of drug-likeness (QED) is 0.137. The molecule has 0 saturated carbocycles. The highest BCUT2D eigenvalue weighted by molar-refractivity contribution is 9.10. The van der Waals surface area contributed by atoms with Crippen LogP contribution in [0.2, 0.25) is 5.02 Å². The lowest BCUT2D eigenvalue weighted by atomic mass is 10.1. The van der Waals surface area contributed by atoms with Gasteiger partial charge in [0.25, 0.3) is 0 Å². The third-order valence-corrected chi connectivity index (χ3v) is 6.62. The van der Waals surface area contributed by atoms with Crippen LogP contribution in [0.25, 0.3) is 32.8 Å². The van der Waals surface area contributed by atoms with E-state index < -0.39 is 11.6 Å². The van der Waals surface area contributed by atoms with Crippen molar-refractivity contribution in [1.82, 2.24) is 4.98 Å². The number of nitrogens with zero attached hydrogens (tertiary/aromatic N) is 1. The van der Waals surface area contributed by atoms with Crippen molar-refractivity contribution in [2.75, 3.05) is 0 Å². The average molecular weight is 539 g/mol. The average Bonchev–Trinajstić information content (AvgIpc) is 3.29. The van der Waals surface area contributed by atoms with Gasteiger partial charge in [-0.25, -0.2) is 14.6 Å². The summed E-state index contributed by atoms with van der Waals surface area (Å²) in [6.45, 7) is 0. The minimum absolute atomic E-state index is 0.245. The van der Waals surface area contributed by atoms with Gasteiger partial charge in [0.15, 0.2) is 0 Å². The Morgan fingerprint density at radius 2 is 1.82 bits per heavy atom. The molecular formula is C25H13BrClNO4S. The first-order valence-electron chi connectivity index (χ1n) is 9.74. The summed E-state index contributed by atoms with van der Waals surface area (Å²) >= 11 is 10.8. The molecule has 5 rings (SSSR count).